The topological polar surface area (TPSA) is 55.1 Å². The van der Waals surface area contributed by atoms with Crippen LogP contribution in [-0.2, 0) is 11.2 Å². The van der Waals surface area contributed by atoms with Crippen molar-refractivity contribution in [3.8, 4) is 0 Å². The average molecular weight is 383 g/mol. The maximum Gasteiger partial charge on any atom is 0.237 e. The molecule has 128 valence electrons. The largest absolute Gasteiger partial charge is 0.348 e. The van der Waals surface area contributed by atoms with E-state index in [1.54, 1.807) is 11.8 Å². The summed E-state index contributed by atoms with van der Waals surface area (Å²) in [6, 6.07) is 15.1. The average Bonchev–Trinajstić information content (AvgIpc) is 2.56. The third kappa shape index (κ3) is 4.67. The minimum atomic E-state index is -0.547. The van der Waals surface area contributed by atoms with Gasteiger partial charge in [0.05, 0.1) is 12.1 Å². The maximum absolute atomic E-state index is 12.4. The fourth-order valence-corrected chi connectivity index (χ4v) is 4.04. The molecule has 0 radical (unpaired) electrons. The molecule has 6 heteroatoms. The van der Waals surface area contributed by atoms with E-state index in [0.717, 1.165) is 23.3 Å². The van der Waals surface area contributed by atoms with Gasteiger partial charge in [-0.25, -0.2) is 0 Å². The van der Waals surface area contributed by atoms with Gasteiger partial charge in [-0.15, -0.1) is 24.2 Å². The minimum absolute atomic E-state index is 0. The van der Waals surface area contributed by atoms with E-state index in [9.17, 15) is 4.79 Å². The number of carbonyl (C=O) groups excluding carboxylic acids is 1. The molecular weight excluding hydrogens is 363 g/mol. The molecule has 1 unspecified atom stereocenters. The summed E-state index contributed by atoms with van der Waals surface area (Å²) < 4.78 is 0. The molecule has 2 atom stereocenters. The highest BCUT2D eigenvalue weighted by atomic mass is 35.5. The van der Waals surface area contributed by atoms with E-state index in [4.69, 9.17) is 17.3 Å². The Bertz CT molecular complexity index is 697. The summed E-state index contributed by atoms with van der Waals surface area (Å²) in [6.45, 7) is 0. The number of amides is 1. The summed E-state index contributed by atoms with van der Waals surface area (Å²) in [6.07, 6.45) is 1.43. The number of rotatable bonds is 4. The van der Waals surface area contributed by atoms with Gasteiger partial charge in [-0.05, 0) is 42.2 Å². The van der Waals surface area contributed by atoms with E-state index in [1.807, 2.05) is 48.5 Å². The number of hydrogen-bond donors (Lipinski definition) is 2. The lowest BCUT2D eigenvalue weighted by Crippen LogP contribution is -2.44. The molecule has 0 aliphatic carbocycles. The van der Waals surface area contributed by atoms with E-state index in [1.165, 1.54) is 4.90 Å². The second-order valence-electron chi connectivity index (χ2n) is 5.68. The van der Waals surface area contributed by atoms with Crippen LogP contribution in [0.4, 0.5) is 0 Å². The Morgan fingerprint density at radius 1 is 1.29 bits per heavy atom. The Morgan fingerprint density at radius 3 is 2.79 bits per heavy atom. The molecule has 2 aromatic rings. The maximum atomic E-state index is 12.4. The van der Waals surface area contributed by atoms with Gasteiger partial charge in [-0.3, -0.25) is 4.79 Å². The van der Waals surface area contributed by atoms with Crippen LogP contribution in [-0.4, -0.2) is 17.7 Å². The van der Waals surface area contributed by atoms with Crippen LogP contribution in [0.5, 0.6) is 0 Å². The van der Waals surface area contributed by atoms with Crippen LogP contribution >= 0.6 is 35.8 Å². The Balaban J connectivity index is 0.00000208. The van der Waals surface area contributed by atoms with Gasteiger partial charge in [-0.2, -0.15) is 0 Å². The van der Waals surface area contributed by atoms with Crippen molar-refractivity contribution >= 4 is 41.7 Å². The van der Waals surface area contributed by atoms with Crippen LogP contribution in [0.3, 0.4) is 0 Å². The molecule has 24 heavy (non-hydrogen) atoms. The summed E-state index contributed by atoms with van der Waals surface area (Å²) in [5.74, 6) is 0.865. The summed E-state index contributed by atoms with van der Waals surface area (Å²) >= 11 is 7.90. The first-order valence-electron chi connectivity index (χ1n) is 7.65. The predicted molar refractivity (Wildman–Crippen MR) is 103 cm³/mol. The quantitative estimate of drug-likeness (QED) is 0.840. The Morgan fingerprint density at radius 2 is 2.04 bits per heavy atom. The van der Waals surface area contributed by atoms with Gasteiger partial charge in [0, 0.05) is 15.7 Å². The first kappa shape index (κ1) is 19.1. The third-order valence-corrected chi connectivity index (χ3v) is 5.32. The highest BCUT2D eigenvalue weighted by Gasteiger charge is 2.24. The van der Waals surface area contributed by atoms with Crippen LogP contribution in [0, 0.1) is 0 Å². The molecule has 1 aliphatic rings. The van der Waals surface area contributed by atoms with Crippen molar-refractivity contribution in [1.82, 2.24) is 5.32 Å². The molecule has 0 bridgehead atoms. The molecule has 1 aliphatic heterocycles. The molecule has 3 nitrogen and oxygen atoms in total. The molecule has 1 amide bonds. The highest BCUT2D eigenvalue weighted by molar-refractivity contribution is 7.99. The lowest BCUT2D eigenvalue weighted by atomic mass is 10.0. The molecule has 2 aromatic carbocycles. The summed E-state index contributed by atoms with van der Waals surface area (Å²) in [4.78, 5) is 13.6. The molecule has 0 saturated heterocycles. The van der Waals surface area contributed by atoms with Gasteiger partial charge in [0.2, 0.25) is 5.91 Å². The van der Waals surface area contributed by atoms with Crippen molar-refractivity contribution in [1.29, 1.82) is 0 Å². The van der Waals surface area contributed by atoms with E-state index < -0.39 is 6.04 Å². The highest BCUT2D eigenvalue weighted by Crippen LogP contribution is 2.37. The summed E-state index contributed by atoms with van der Waals surface area (Å²) in [5, 5.41) is 3.78. The monoisotopic (exact) mass is 382 g/mol. The van der Waals surface area contributed by atoms with Crippen LogP contribution in [0.1, 0.15) is 23.6 Å². The summed E-state index contributed by atoms with van der Waals surface area (Å²) in [7, 11) is 0. The van der Waals surface area contributed by atoms with Gasteiger partial charge < -0.3 is 11.1 Å². The van der Waals surface area contributed by atoms with Crippen molar-refractivity contribution in [2.75, 3.05) is 5.75 Å². The van der Waals surface area contributed by atoms with Crippen molar-refractivity contribution in [2.24, 2.45) is 5.73 Å². The number of benzene rings is 2. The minimum Gasteiger partial charge on any atom is -0.348 e. The number of nitrogens with two attached hydrogens (primary N) is 1. The lowest BCUT2D eigenvalue weighted by Gasteiger charge is -2.27. The van der Waals surface area contributed by atoms with Crippen molar-refractivity contribution in [3.05, 3.63) is 64.7 Å². The molecular formula is C18H20Cl2N2OS. The molecule has 1 heterocycles. The lowest BCUT2D eigenvalue weighted by molar-refractivity contribution is -0.123. The van der Waals surface area contributed by atoms with Gasteiger partial charge in [-0.1, -0.05) is 41.9 Å². The number of hydrogen-bond acceptors (Lipinski definition) is 3. The first-order chi connectivity index (χ1) is 11.1. The zero-order chi connectivity index (χ0) is 16.2. The zero-order valence-corrected chi connectivity index (χ0v) is 15.5. The Hall–Kier alpha value is -1.20. The number of carbonyl (C=O) groups is 1. The smallest absolute Gasteiger partial charge is 0.237 e. The van der Waals surface area contributed by atoms with Crippen molar-refractivity contribution in [3.63, 3.8) is 0 Å². The fraction of sp³-hybridized carbons (Fsp3) is 0.278. The number of nitrogens with one attached hydrogen (secondary N) is 1. The zero-order valence-electron chi connectivity index (χ0n) is 13.1. The molecule has 0 spiro atoms. The predicted octanol–water partition coefficient (Wildman–Crippen LogP) is 3.98. The number of fused-ring (bicyclic) bond motifs is 1. The van der Waals surface area contributed by atoms with Crippen LogP contribution in [0.2, 0.25) is 5.02 Å². The number of thioether (sulfide) groups is 1. The second kappa shape index (κ2) is 8.77. The van der Waals surface area contributed by atoms with Crippen LogP contribution in [0.25, 0.3) is 0 Å². The second-order valence-corrected chi connectivity index (χ2v) is 7.25. The SMILES string of the molecule is Cl.N[C@@H](Cc1ccccc1)C(=O)NC1CCSc2ccc(Cl)cc21. The van der Waals surface area contributed by atoms with Crippen molar-refractivity contribution in [2.45, 2.75) is 29.8 Å². The summed E-state index contributed by atoms with van der Waals surface area (Å²) in [5.41, 5.74) is 8.23. The van der Waals surface area contributed by atoms with Crippen LogP contribution < -0.4 is 11.1 Å². The van der Waals surface area contributed by atoms with Gasteiger partial charge in [0.25, 0.3) is 0 Å². The molecule has 3 rings (SSSR count). The van der Waals surface area contributed by atoms with E-state index in [0.29, 0.717) is 11.4 Å². The number of halogens is 2. The standard InChI is InChI=1S/C18H19ClN2OS.ClH/c19-13-6-7-17-14(11-13)16(8-9-23-17)21-18(22)15(20)10-12-4-2-1-3-5-12;/h1-7,11,15-16H,8-10,20H2,(H,21,22);1H/t15-,16?;/m0./s1. The van der Waals surface area contributed by atoms with E-state index in [2.05, 4.69) is 5.32 Å². The van der Waals surface area contributed by atoms with E-state index >= 15 is 0 Å². The van der Waals surface area contributed by atoms with Crippen molar-refractivity contribution < 1.29 is 4.79 Å². The first-order valence-corrected chi connectivity index (χ1v) is 9.02. The van der Waals surface area contributed by atoms with Crippen LogP contribution in [0.15, 0.2) is 53.4 Å². The van der Waals surface area contributed by atoms with Gasteiger partial charge in [0.1, 0.15) is 0 Å². The van der Waals surface area contributed by atoms with Gasteiger partial charge in [0.15, 0.2) is 0 Å². The molecule has 0 fully saturated rings. The fourth-order valence-electron chi connectivity index (χ4n) is 2.75. The Labute approximate surface area is 157 Å². The molecule has 0 saturated carbocycles. The Kier molecular flexibility index (Phi) is 6.99. The molecule has 3 N–H and O–H groups in total. The third-order valence-electron chi connectivity index (χ3n) is 3.96. The molecule has 0 aromatic heterocycles. The van der Waals surface area contributed by atoms with Gasteiger partial charge >= 0.3 is 0 Å². The van der Waals surface area contributed by atoms with E-state index in [-0.39, 0.29) is 24.4 Å². The normalized spacial score (nSPS) is 17.3.